The third kappa shape index (κ3) is 10.0. The van der Waals surface area contributed by atoms with Crippen LogP contribution in [-0.2, 0) is 40.1 Å². The summed E-state index contributed by atoms with van der Waals surface area (Å²) in [4.78, 5) is 52.5. The van der Waals surface area contributed by atoms with E-state index in [1.807, 2.05) is 37.3 Å². The number of fused-ring (bicyclic) bond motifs is 3. The number of alkyl halides is 3. The lowest BCUT2D eigenvalue weighted by Crippen LogP contribution is -2.51. The molecule has 2 amide bonds. The molecular weight excluding hydrogens is 739 g/mol. The molecule has 15 heteroatoms. The number of Topliss-reactive ketones (excluding diaryl/α,β-unsaturated/α-hetero) is 1. The highest BCUT2D eigenvalue weighted by molar-refractivity contribution is 7.99. The number of nitrogens with zero attached hydrogens (tertiary/aromatic N) is 2. The molecule has 0 unspecified atom stereocenters. The average molecular weight is 786 g/mol. The summed E-state index contributed by atoms with van der Waals surface area (Å²) in [6.07, 6.45) is -0.477. The Balaban J connectivity index is 1.63. The number of hydrogen-bond donors (Lipinski definition) is 5. The van der Waals surface area contributed by atoms with Crippen LogP contribution in [0.5, 0.6) is 0 Å². The number of aryl methyl sites for hydroxylation is 1. The van der Waals surface area contributed by atoms with Crippen molar-refractivity contribution in [2.45, 2.75) is 93.1 Å². The van der Waals surface area contributed by atoms with E-state index in [1.165, 1.54) is 4.90 Å². The van der Waals surface area contributed by atoms with Crippen molar-refractivity contribution in [2.75, 3.05) is 20.1 Å². The molecule has 4 aromatic rings. The zero-order valence-electron chi connectivity index (χ0n) is 30.4. The quantitative estimate of drug-likeness (QED) is 0.124. The van der Waals surface area contributed by atoms with Gasteiger partial charge in [0.05, 0.1) is 16.6 Å². The number of pyridine rings is 1. The lowest BCUT2D eigenvalue weighted by molar-refractivity contribution is -0.143. The van der Waals surface area contributed by atoms with Crippen LogP contribution in [0.25, 0.3) is 10.9 Å². The number of likely N-dealkylation sites (N-methyl/N-ethyl adjacent to an activating group) is 1. The van der Waals surface area contributed by atoms with Crippen LogP contribution in [0.2, 0.25) is 5.02 Å². The number of para-hydroxylation sites is 1. The van der Waals surface area contributed by atoms with E-state index >= 15 is 0 Å². The minimum absolute atomic E-state index is 0.0631. The molecular formula is C39H47ClF3N7O3S. The van der Waals surface area contributed by atoms with Crippen molar-refractivity contribution in [3.8, 4) is 0 Å². The highest BCUT2D eigenvalue weighted by Gasteiger charge is 2.36. The van der Waals surface area contributed by atoms with Crippen molar-refractivity contribution < 1.29 is 27.6 Å². The summed E-state index contributed by atoms with van der Waals surface area (Å²) in [7, 11) is 1.54. The van der Waals surface area contributed by atoms with Crippen molar-refractivity contribution in [3.63, 3.8) is 0 Å². The summed E-state index contributed by atoms with van der Waals surface area (Å²) in [6, 6.07) is 11.3. The maximum absolute atomic E-state index is 14.5. The number of amides is 2. The van der Waals surface area contributed by atoms with Crippen molar-refractivity contribution in [2.24, 2.45) is 17.4 Å². The van der Waals surface area contributed by atoms with Gasteiger partial charge in [0.2, 0.25) is 11.8 Å². The highest BCUT2D eigenvalue weighted by Crippen LogP contribution is 2.41. The fraction of sp³-hybridized carbons (Fsp3) is 0.436. The topological polar surface area (TPSA) is 159 Å². The first kappa shape index (κ1) is 41.2. The summed E-state index contributed by atoms with van der Waals surface area (Å²) >= 11 is 7.67. The second-order valence-electron chi connectivity index (χ2n) is 13.7. The number of nitrogens with two attached hydrogens (primary N) is 2. The number of aromatic nitrogens is 2. The van der Waals surface area contributed by atoms with E-state index in [9.17, 15) is 27.6 Å². The van der Waals surface area contributed by atoms with Crippen molar-refractivity contribution in [1.82, 2.24) is 25.5 Å². The minimum atomic E-state index is -4.70. The number of aromatic amines is 1. The van der Waals surface area contributed by atoms with Crippen molar-refractivity contribution in [3.05, 3.63) is 87.7 Å². The number of halogens is 4. The molecule has 10 nitrogen and oxygen atoms in total. The Morgan fingerprint density at radius 1 is 0.981 bits per heavy atom. The molecule has 290 valence electrons. The molecule has 0 spiro atoms. The first-order chi connectivity index (χ1) is 25.8. The van der Waals surface area contributed by atoms with E-state index in [-0.39, 0.29) is 48.2 Å². The van der Waals surface area contributed by atoms with Gasteiger partial charge >= 0.3 is 6.18 Å². The Bertz CT molecular complexity index is 1960. The van der Waals surface area contributed by atoms with Crippen LogP contribution in [0.3, 0.4) is 0 Å². The van der Waals surface area contributed by atoms with E-state index in [4.69, 9.17) is 23.1 Å². The van der Waals surface area contributed by atoms with Crippen LogP contribution in [0.4, 0.5) is 13.2 Å². The summed E-state index contributed by atoms with van der Waals surface area (Å²) in [6.45, 7) is 2.56. The number of rotatable bonds is 9. The summed E-state index contributed by atoms with van der Waals surface area (Å²) in [5.41, 5.74) is 14.0. The second-order valence-corrected chi connectivity index (χ2v) is 15.1. The molecule has 0 radical (unpaired) electrons. The minimum Gasteiger partial charge on any atom is -0.358 e. The SMILES string of the molecule is Cc1[nH]c2ccccc2c1C[C@H]1C(=O)NCc2cc(C(F)(F)F)cc(Cl)c2Sc2ncccc2CN[C@@H](CCCN)C(=O)C[C@@H](CCCCN)C(=O)N1C. The monoisotopic (exact) mass is 785 g/mol. The number of benzene rings is 2. The molecule has 3 atom stereocenters. The molecule has 3 heterocycles. The lowest BCUT2D eigenvalue weighted by Gasteiger charge is -2.31. The Labute approximate surface area is 322 Å². The van der Waals surface area contributed by atoms with Crippen LogP contribution in [0.15, 0.2) is 64.6 Å². The van der Waals surface area contributed by atoms with E-state index in [0.29, 0.717) is 60.7 Å². The Kier molecular flexibility index (Phi) is 14.2. The van der Waals surface area contributed by atoms with Crippen LogP contribution in [-0.4, -0.2) is 64.7 Å². The molecule has 0 saturated carbocycles. The fourth-order valence-corrected chi connectivity index (χ4v) is 8.26. The fourth-order valence-electron chi connectivity index (χ4n) is 6.91. The molecule has 5 rings (SSSR count). The van der Waals surface area contributed by atoms with E-state index in [2.05, 4.69) is 20.6 Å². The molecule has 0 fully saturated rings. The van der Waals surface area contributed by atoms with Gasteiger partial charge in [0.15, 0.2) is 5.78 Å². The van der Waals surface area contributed by atoms with Crippen LogP contribution < -0.4 is 22.1 Å². The average Bonchev–Trinajstić information content (AvgIpc) is 3.46. The molecule has 1 aliphatic rings. The van der Waals surface area contributed by atoms with Gasteiger partial charge in [-0.2, -0.15) is 13.2 Å². The number of carbonyl (C=O) groups is 3. The lowest BCUT2D eigenvalue weighted by atomic mass is 9.90. The van der Waals surface area contributed by atoms with Crippen molar-refractivity contribution in [1.29, 1.82) is 0 Å². The molecule has 0 bridgehead atoms. The van der Waals surface area contributed by atoms with Gasteiger partial charge in [0.1, 0.15) is 11.1 Å². The maximum atomic E-state index is 14.5. The second kappa shape index (κ2) is 18.6. The number of nitrogens with one attached hydrogen (secondary N) is 3. The van der Waals surface area contributed by atoms with Gasteiger partial charge in [-0.15, -0.1) is 0 Å². The van der Waals surface area contributed by atoms with Crippen LogP contribution in [0, 0.1) is 12.8 Å². The van der Waals surface area contributed by atoms with Crippen LogP contribution in [0.1, 0.15) is 66.5 Å². The third-order valence-corrected chi connectivity index (χ3v) is 11.6. The van der Waals surface area contributed by atoms with Gasteiger partial charge in [-0.1, -0.05) is 54.0 Å². The largest absolute Gasteiger partial charge is 0.416 e. The summed E-state index contributed by atoms with van der Waals surface area (Å²) < 4.78 is 42.3. The predicted octanol–water partition coefficient (Wildman–Crippen LogP) is 6.30. The zero-order chi connectivity index (χ0) is 39.0. The van der Waals surface area contributed by atoms with Gasteiger partial charge < -0.3 is 32.0 Å². The molecule has 2 aromatic heterocycles. The number of unbranched alkanes of at least 4 members (excludes halogenated alkanes) is 1. The number of ketones is 1. The molecule has 0 saturated heterocycles. The Hall–Kier alpha value is -3.95. The highest BCUT2D eigenvalue weighted by atomic mass is 35.5. The van der Waals surface area contributed by atoms with Gasteiger partial charge in [0.25, 0.3) is 0 Å². The summed E-state index contributed by atoms with van der Waals surface area (Å²) in [5, 5.41) is 7.38. The first-order valence-electron chi connectivity index (χ1n) is 18.1. The summed E-state index contributed by atoms with van der Waals surface area (Å²) in [5.74, 6) is -1.86. The van der Waals surface area contributed by atoms with Gasteiger partial charge in [-0.05, 0) is 86.7 Å². The molecule has 7 N–H and O–H groups in total. The Morgan fingerprint density at radius 2 is 1.74 bits per heavy atom. The predicted molar refractivity (Wildman–Crippen MR) is 205 cm³/mol. The van der Waals surface area contributed by atoms with Crippen LogP contribution >= 0.6 is 23.4 Å². The van der Waals surface area contributed by atoms with Gasteiger partial charge in [-0.25, -0.2) is 4.98 Å². The maximum Gasteiger partial charge on any atom is 0.416 e. The normalized spacial score (nSPS) is 19.4. The first-order valence-corrected chi connectivity index (χ1v) is 19.3. The standard InChI is InChI=1S/C39H47ClF3N7O3S/c1-23-29(28-11-3-4-12-31(28)49-23)20-33-36(52)48-22-26-17-27(39(41,42)43)19-30(40)35(26)54-37-25(10-8-16-46-37)21-47-32(13-7-15-45)34(51)18-24(9-5-6-14-44)38(53)50(33)2/h3-4,8,10-12,16-17,19,24,32-33,47,49H,5-7,9,13-15,18,20-22,44-45H2,1-2H3,(H,48,52)/t24-,32+,33+/m1/s1. The number of hydrogen-bond acceptors (Lipinski definition) is 8. The molecule has 0 aliphatic carbocycles. The Morgan fingerprint density at radius 3 is 2.48 bits per heavy atom. The van der Waals surface area contributed by atoms with E-state index in [1.54, 1.807) is 19.3 Å². The molecule has 1 aliphatic heterocycles. The zero-order valence-corrected chi connectivity index (χ0v) is 32.0. The van der Waals surface area contributed by atoms with E-state index in [0.717, 1.165) is 46.1 Å². The van der Waals surface area contributed by atoms with Gasteiger partial charge in [0, 0.05) is 66.6 Å². The third-order valence-electron chi connectivity index (χ3n) is 9.92. The van der Waals surface area contributed by atoms with Gasteiger partial charge in [-0.3, -0.25) is 14.4 Å². The van der Waals surface area contributed by atoms with E-state index < -0.39 is 35.6 Å². The molecule has 2 aromatic carbocycles. The smallest absolute Gasteiger partial charge is 0.358 e. The van der Waals surface area contributed by atoms with Crippen molar-refractivity contribution >= 4 is 51.9 Å². The number of carbonyl (C=O) groups excluding carboxylic acids is 3. The molecule has 54 heavy (non-hydrogen) atoms. The number of H-pyrrole nitrogens is 1.